The smallest absolute Gasteiger partial charge is 0.123 e. The van der Waals surface area contributed by atoms with Crippen LogP contribution in [0, 0.1) is 5.82 Å². The van der Waals surface area contributed by atoms with Crippen LogP contribution in [0.4, 0.5) is 21.5 Å². The van der Waals surface area contributed by atoms with Gasteiger partial charge in [-0.05, 0) is 91.0 Å². The molecule has 8 aromatic carbocycles. The lowest BCUT2D eigenvalue weighted by Crippen LogP contribution is -2.12. The van der Waals surface area contributed by atoms with Gasteiger partial charge >= 0.3 is 0 Å². The lowest BCUT2D eigenvalue weighted by atomic mass is 10.1. The van der Waals surface area contributed by atoms with Gasteiger partial charge in [0.1, 0.15) is 5.82 Å². The number of rotatable bonds is 5. The minimum atomic E-state index is -0.261. The van der Waals surface area contributed by atoms with Crippen molar-refractivity contribution < 1.29 is 4.39 Å². The molecule has 250 valence electrons. The molecular formula is C48H30FN3S. The molecule has 0 aliphatic rings. The summed E-state index contributed by atoms with van der Waals surface area (Å²) in [4.78, 5) is 2.40. The van der Waals surface area contributed by atoms with Gasteiger partial charge in [0.05, 0.1) is 33.4 Å². The van der Waals surface area contributed by atoms with Crippen molar-refractivity contribution in [2.45, 2.75) is 0 Å². The SMILES string of the molecule is Fc1ccc2c(c1)c1c(N(c3ccc4sc5ccccc5c4c3)c3cccc4c5ccccc5n(-c5ccccc5)c34)cccc1n2-c1ccccc1. The number of aromatic nitrogens is 2. The van der Waals surface area contributed by atoms with E-state index in [0.29, 0.717) is 0 Å². The summed E-state index contributed by atoms with van der Waals surface area (Å²) in [5.41, 5.74) is 9.36. The molecule has 0 spiro atoms. The maximum Gasteiger partial charge on any atom is 0.123 e. The first kappa shape index (κ1) is 30.0. The van der Waals surface area contributed by atoms with Crippen molar-refractivity contribution in [3.63, 3.8) is 0 Å². The number of para-hydroxylation sites is 4. The molecule has 11 aromatic rings. The minimum Gasteiger partial charge on any atom is -0.309 e. The Morgan fingerprint density at radius 2 is 1.04 bits per heavy atom. The number of thiophene rings is 1. The normalized spacial score (nSPS) is 11.9. The molecule has 0 saturated carbocycles. The fourth-order valence-corrected chi connectivity index (χ4v) is 9.44. The molecule has 3 nitrogen and oxygen atoms in total. The Balaban J connectivity index is 1.31. The second kappa shape index (κ2) is 11.7. The van der Waals surface area contributed by atoms with E-state index in [-0.39, 0.29) is 5.82 Å². The zero-order valence-corrected chi connectivity index (χ0v) is 29.3. The molecule has 0 N–H and O–H groups in total. The zero-order valence-electron chi connectivity index (χ0n) is 28.4. The molecule has 53 heavy (non-hydrogen) atoms. The molecule has 0 atom stereocenters. The fraction of sp³-hybridized carbons (Fsp3) is 0. The van der Waals surface area contributed by atoms with Crippen molar-refractivity contribution in [2.75, 3.05) is 4.90 Å². The molecule has 5 heteroatoms. The number of anilines is 3. The van der Waals surface area contributed by atoms with Crippen molar-refractivity contribution in [2.24, 2.45) is 0 Å². The van der Waals surface area contributed by atoms with Gasteiger partial charge < -0.3 is 14.0 Å². The number of fused-ring (bicyclic) bond motifs is 9. The Bertz CT molecular complexity index is 3190. The Hall–Kier alpha value is -6.69. The van der Waals surface area contributed by atoms with Crippen LogP contribution in [0.1, 0.15) is 0 Å². The van der Waals surface area contributed by atoms with Crippen LogP contribution in [0.5, 0.6) is 0 Å². The standard InChI is InChI=1S/C48H30FN3S/c49-31-25-27-41-39(29-31)47-42(50(41)32-13-3-1-4-14-32)21-12-22-43(47)51(34-26-28-46-38(30-34)36-18-8-10-24-45(36)53-46)44-23-11-19-37-35-17-7-9-20-40(35)52(48(37)44)33-15-5-2-6-16-33/h1-30H. The van der Waals surface area contributed by atoms with Crippen LogP contribution in [-0.2, 0) is 0 Å². The average molecular weight is 700 g/mol. The number of benzene rings is 8. The third kappa shape index (κ3) is 4.51. The van der Waals surface area contributed by atoms with Crippen molar-refractivity contribution in [1.82, 2.24) is 9.13 Å². The first-order valence-electron chi connectivity index (χ1n) is 17.8. The first-order valence-corrected chi connectivity index (χ1v) is 18.6. The monoisotopic (exact) mass is 699 g/mol. The highest BCUT2D eigenvalue weighted by Crippen LogP contribution is 2.48. The van der Waals surface area contributed by atoms with Gasteiger partial charge in [-0.1, -0.05) is 91.0 Å². The van der Waals surface area contributed by atoms with Crippen molar-refractivity contribution >= 4 is 92.2 Å². The van der Waals surface area contributed by atoms with E-state index in [0.717, 1.165) is 61.3 Å². The maximum absolute atomic E-state index is 15.4. The molecule has 0 unspecified atom stereocenters. The van der Waals surface area contributed by atoms with Gasteiger partial charge in [-0.15, -0.1) is 11.3 Å². The molecule has 0 fully saturated rings. The topological polar surface area (TPSA) is 13.1 Å². The molecule has 0 amide bonds. The summed E-state index contributed by atoms with van der Waals surface area (Å²) < 4.78 is 22.5. The second-order valence-corrected chi connectivity index (χ2v) is 14.6. The summed E-state index contributed by atoms with van der Waals surface area (Å²) in [6, 6.07) is 63.3. The first-order chi connectivity index (χ1) is 26.2. The highest BCUT2D eigenvalue weighted by Gasteiger charge is 2.25. The maximum atomic E-state index is 15.4. The lowest BCUT2D eigenvalue weighted by Gasteiger charge is -2.28. The van der Waals surface area contributed by atoms with E-state index in [2.05, 4.69) is 172 Å². The van der Waals surface area contributed by atoms with E-state index in [1.807, 2.05) is 23.5 Å². The van der Waals surface area contributed by atoms with E-state index in [9.17, 15) is 0 Å². The van der Waals surface area contributed by atoms with Gasteiger partial charge in [-0.3, -0.25) is 0 Å². The predicted molar refractivity (Wildman–Crippen MR) is 223 cm³/mol. The quantitative estimate of drug-likeness (QED) is 0.174. The number of hydrogen-bond donors (Lipinski definition) is 0. The van der Waals surface area contributed by atoms with Crippen LogP contribution in [0.3, 0.4) is 0 Å². The van der Waals surface area contributed by atoms with Crippen LogP contribution < -0.4 is 4.90 Å². The molecule has 0 saturated heterocycles. The van der Waals surface area contributed by atoms with Crippen molar-refractivity contribution in [3.8, 4) is 11.4 Å². The summed E-state index contributed by atoms with van der Waals surface area (Å²) >= 11 is 1.82. The van der Waals surface area contributed by atoms with Gasteiger partial charge in [0.15, 0.2) is 0 Å². The van der Waals surface area contributed by atoms with Gasteiger partial charge in [-0.25, -0.2) is 4.39 Å². The number of hydrogen-bond acceptors (Lipinski definition) is 2. The predicted octanol–water partition coefficient (Wildman–Crippen LogP) is 13.9. The van der Waals surface area contributed by atoms with E-state index in [1.54, 1.807) is 12.1 Å². The van der Waals surface area contributed by atoms with Crippen molar-refractivity contribution in [3.05, 3.63) is 188 Å². The highest BCUT2D eigenvalue weighted by atomic mass is 32.1. The van der Waals surface area contributed by atoms with E-state index in [4.69, 9.17) is 0 Å². The van der Waals surface area contributed by atoms with Gasteiger partial charge in [-0.2, -0.15) is 0 Å². The lowest BCUT2D eigenvalue weighted by molar-refractivity contribution is 0.629. The largest absolute Gasteiger partial charge is 0.309 e. The van der Waals surface area contributed by atoms with Crippen LogP contribution in [0.25, 0.3) is 75.2 Å². The van der Waals surface area contributed by atoms with Gasteiger partial charge in [0.25, 0.3) is 0 Å². The molecule has 3 heterocycles. The molecule has 11 rings (SSSR count). The number of halogens is 1. The molecule has 0 aliphatic heterocycles. The van der Waals surface area contributed by atoms with E-state index < -0.39 is 0 Å². The summed E-state index contributed by atoms with van der Waals surface area (Å²) in [6.07, 6.45) is 0. The van der Waals surface area contributed by atoms with Gasteiger partial charge in [0, 0.05) is 58.8 Å². The van der Waals surface area contributed by atoms with E-state index in [1.165, 1.54) is 30.9 Å². The summed E-state index contributed by atoms with van der Waals surface area (Å²) in [5, 5.41) is 6.66. The fourth-order valence-electron chi connectivity index (χ4n) is 8.35. The Morgan fingerprint density at radius 3 is 1.87 bits per heavy atom. The minimum absolute atomic E-state index is 0.261. The summed E-state index contributed by atoms with van der Waals surface area (Å²) in [5.74, 6) is -0.261. The Labute approximate surface area is 308 Å². The van der Waals surface area contributed by atoms with Crippen LogP contribution >= 0.6 is 11.3 Å². The van der Waals surface area contributed by atoms with Gasteiger partial charge in [0.2, 0.25) is 0 Å². The number of nitrogens with zero attached hydrogens (tertiary/aromatic N) is 3. The average Bonchev–Trinajstić information content (AvgIpc) is 3.87. The molecule has 0 aliphatic carbocycles. The zero-order chi connectivity index (χ0) is 35.0. The second-order valence-electron chi connectivity index (χ2n) is 13.5. The molecule has 0 radical (unpaired) electrons. The molecule has 3 aromatic heterocycles. The van der Waals surface area contributed by atoms with Crippen LogP contribution in [0.2, 0.25) is 0 Å². The Morgan fingerprint density at radius 1 is 0.415 bits per heavy atom. The summed E-state index contributed by atoms with van der Waals surface area (Å²) in [6.45, 7) is 0. The summed E-state index contributed by atoms with van der Waals surface area (Å²) in [7, 11) is 0. The van der Waals surface area contributed by atoms with Crippen LogP contribution in [-0.4, -0.2) is 9.13 Å². The van der Waals surface area contributed by atoms with E-state index >= 15 is 4.39 Å². The highest BCUT2D eigenvalue weighted by molar-refractivity contribution is 7.25. The molecule has 0 bridgehead atoms. The third-order valence-corrected chi connectivity index (χ3v) is 11.7. The third-order valence-electron chi connectivity index (χ3n) is 10.5. The molecular weight excluding hydrogens is 670 g/mol. The van der Waals surface area contributed by atoms with Crippen LogP contribution in [0.15, 0.2) is 182 Å². The van der Waals surface area contributed by atoms with Crippen molar-refractivity contribution in [1.29, 1.82) is 0 Å². The Kier molecular flexibility index (Phi) is 6.60.